The van der Waals surface area contributed by atoms with E-state index >= 15 is 0 Å². The van der Waals surface area contributed by atoms with Crippen LogP contribution >= 0.6 is 0 Å². The third-order valence-electron chi connectivity index (χ3n) is 4.42. The fourth-order valence-electron chi connectivity index (χ4n) is 3.33. The average molecular weight is 274 g/mol. The van der Waals surface area contributed by atoms with Gasteiger partial charge in [-0.05, 0) is 36.5 Å². The standard InChI is InChI=1S/C16H22N2O2/c1-20-14-8-4-7-13(9-14)16-17-10-15(19)18(16)11-12-5-2-3-6-12/h4,7-9,12,16-17H,2-3,5-6,10-11H2,1H3. The van der Waals surface area contributed by atoms with Gasteiger partial charge in [-0.2, -0.15) is 0 Å². The highest BCUT2D eigenvalue weighted by Gasteiger charge is 2.33. The minimum Gasteiger partial charge on any atom is -0.497 e. The largest absolute Gasteiger partial charge is 0.497 e. The third kappa shape index (κ3) is 2.66. The second-order valence-corrected chi connectivity index (χ2v) is 5.76. The van der Waals surface area contributed by atoms with Crippen molar-refractivity contribution in [1.82, 2.24) is 10.2 Å². The number of hydrogen-bond donors (Lipinski definition) is 1. The molecule has 1 aromatic carbocycles. The fraction of sp³-hybridized carbons (Fsp3) is 0.562. The van der Waals surface area contributed by atoms with E-state index in [1.165, 1.54) is 25.7 Å². The van der Waals surface area contributed by atoms with E-state index in [1.807, 2.05) is 23.1 Å². The van der Waals surface area contributed by atoms with Gasteiger partial charge in [0, 0.05) is 6.54 Å². The maximum absolute atomic E-state index is 12.1. The number of amides is 1. The maximum Gasteiger partial charge on any atom is 0.238 e. The zero-order valence-corrected chi connectivity index (χ0v) is 12.0. The van der Waals surface area contributed by atoms with Crippen LogP contribution in [0.5, 0.6) is 5.75 Å². The molecule has 108 valence electrons. The molecule has 1 heterocycles. The highest BCUT2D eigenvalue weighted by atomic mass is 16.5. The average Bonchev–Trinajstić information content (AvgIpc) is 3.11. The second kappa shape index (κ2) is 5.83. The highest BCUT2D eigenvalue weighted by molar-refractivity contribution is 5.81. The van der Waals surface area contributed by atoms with Crippen LogP contribution in [0.3, 0.4) is 0 Å². The lowest BCUT2D eigenvalue weighted by Crippen LogP contribution is -2.34. The molecule has 1 N–H and O–H groups in total. The van der Waals surface area contributed by atoms with Crippen LogP contribution in [-0.4, -0.2) is 31.0 Å². The summed E-state index contributed by atoms with van der Waals surface area (Å²) in [4.78, 5) is 14.1. The van der Waals surface area contributed by atoms with Gasteiger partial charge >= 0.3 is 0 Å². The van der Waals surface area contributed by atoms with Crippen molar-refractivity contribution in [2.24, 2.45) is 5.92 Å². The lowest BCUT2D eigenvalue weighted by atomic mass is 10.1. The van der Waals surface area contributed by atoms with Crippen LogP contribution in [0, 0.1) is 5.92 Å². The zero-order chi connectivity index (χ0) is 13.9. The summed E-state index contributed by atoms with van der Waals surface area (Å²) in [6.07, 6.45) is 5.13. The number of nitrogens with one attached hydrogen (secondary N) is 1. The normalized spacial score (nSPS) is 23.6. The Morgan fingerprint density at radius 1 is 1.35 bits per heavy atom. The number of ether oxygens (including phenoxy) is 1. The van der Waals surface area contributed by atoms with Gasteiger partial charge in [-0.15, -0.1) is 0 Å². The van der Waals surface area contributed by atoms with Crippen molar-refractivity contribution in [1.29, 1.82) is 0 Å². The van der Waals surface area contributed by atoms with Crippen molar-refractivity contribution in [3.05, 3.63) is 29.8 Å². The summed E-state index contributed by atoms with van der Waals surface area (Å²) >= 11 is 0. The lowest BCUT2D eigenvalue weighted by Gasteiger charge is -2.27. The topological polar surface area (TPSA) is 41.6 Å². The first-order chi connectivity index (χ1) is 9.78. The molecule has 1 amide bonds. The quantitative estimate of drug-likeness (QED) is 0.916. The van der Waals surface area contributed by atoms with E-state index < -0.39 is 0 Å². The molecule has 4 heteroatoms. The fourth-order valence-corrected chi connectivity index (χ4v) is 3.33. The molecule has 1 aliphatic carbocycles. The minimum atomic E-state index is -0.00167. The highest BCUT2D eigenvalue weighted by Crippen LogP contribution is 2.31. The predicted octanol–water partition coefficient (Wildman–Crippen LogP) is 2.32. The first kappa shape index (κ1) is 13.4. The van der Waals surface area contributed by atoms with Crippen molar-refractivity contribution in [3.63, 3.8) is 0 Å². The molecule has 2 fully saturated rings. The van der Waals surface area contributed by atoms with Gasteiger partial charge in [0.05, 0.1) is 13.7 Å². The number of benzene rings is 1. The van der Waals surface area contributed by atoms with Gasteiger partial charge in [-0.1, -0.05) is 25.0 Å². The molecule has 1 saturated heterocycles. The maximum atomic E-state index is 12.1. The van der Waals surface area contributed by atoms with Crippen molar-refractivity contribution in [2.75, 3.05) is 20.2 Å². The molecule has 0 aromatic heterocycles. The summed E-state index contributed by atoms with van der Waals surface area (Å²) in [6, 6.07) is 7.98. The summed E-state index contributed by atoms with van der Waals surface area (Å²) in [5, 5.41) is 3.32. The molecule has 4 nitrogen and oxygen atoms in total. The van der Waals surface area contributed by atoms with Gasteiger partial charge in [-0.25, -0.2) is 0 Å². The van der Waals surface area contributed by atoms with Gasteiger partial charge in [0.1, 0.15) is 11.9 Å². The molecular formula is C16H22N2O2. The lowest BCUT2D eigenvalue weighted by molar-refractivity contribution is -0.128. The number of rotatable bonds is 4. The molecule has 0 radical (unpaired) electrons. The van der Waals surface area contributed by atoms with Gasteiger partial charge < -0.3 is 9.64 Å². The molecule has 1 saturated carbocycles. The van der Waals surface area contributed by atoms with Crippen molar-refractivity contribution in [2.45, 2.75) is 31.8 Å². The van der Waals surface area contributed by atoms with Gasteiger partial charge in [0.2, 0.25) is 5.91 Å². The van der Waals surface area contributed by atoms with Crippen LogP contribution in [0.25, 0.3) is 0 Å². The first-order valence-electron chi connectivity index (χ1n) is 7.45. The van der Waals surface area contributed by atoms with E-state index in [2.05, 4.69) is 11.4 Å². The molecule has 3 rings (SSSR count). The number of nitrogens with zero attached hydrogens (tertiary/aromatic N) is 1. The van der Waals surface area contributed by atoms with E-state index in [0.29, 0.717) is 12.5 Å². The molecule has 1 aliphatic heterocycles. The Balaban J connectivity index is 1.77. The van der Waals surface area contributed by atoms with E-state index in [9.17, 15) is 4.79 Å². The summed E-state index contributed by atoms with van der Waals surface area (Å²) in [5.41, 5.74) is 1.10. The molecule has 0 spiro atoms. The van der Waals surface area contributed by atoms with Crippen LogP contribution in [0.4, 0.5) is 0 Å². The van der Waals surface area contributed by atoms with Crippen molar-refractivity contribution in [3.8, 4) is 5.75 Å². The van der Waals surface area contributed by atoms with Gasteiger partial charge in [0.15, 0.2) is 0 Å². The van der Waals surface area contributed by atoms with Gasteiger partial charge in [-0.3, -0.25) is 10.1 Å². The Kier molecular flexibility index (Phi) is 3.92. The Labute approximate surface area is 120 Å². The third-order valence-corrected chi connectivity index (χ3v) is 4.42. The molecule has 1 aromatic rings. The Morgan fingerprint density at radius 2 is 2.15 bits per heavy atom. The Bertz CT molecular complexity index is 483. The smallest absolute Gasteiger partial charge is 0.238 e. The first-order valence-corrected chi connectivity index (χ1v) is 7.45. The molecule has 1 unspecified atom stereocenters. The van der Waals surface area contributed by atoms with E-state index in [-0.39, 0.29) is 12.1 Å². The Hall–Kier alpha value is -1.55. The Morgan fingerprint density at radius 3 is 2.90 bits per heavy atom. The van der Waals surface area contributed by atoms with Crippen molar-refractivity contribution < 1.29 is 9.53 Å². The van der Waals surface area contributed by atoms with Crippen LogP contribution in [0.15, 0.2) is 24.3 Å². The number of methoxy groups -OCH3 is 1. The van der Waals surface area contributed by atoms with Crippen LogP contribution in [-0.2, 0) is 4.79 Å². The minimum absolute atomic E-state index is 0.00167. The SMILES string of the molecule is COc1cccc(C2NCC(=O)N2CC2CCCC2)c1. The summed E-state index contributed by atoms with van der Waals surface area (Å²) < 4.78 is 5.28. The van der Waals surface area contributed by atoms with Crippen LogP contribution < -0.4 is 10.1 Å². The van der Waals surface area contributed by atoms with Crippen LogP contribution in [0.2, 0.25) is 0 Å². The van der Waals surface area contributed by atoms with Crippen LogP contribution in [0.1, 0.15) is 37.4 Å². The number of carbonyl (C=O) groups excluding carboxylic acids is 1. The summed E-state index contributed by atoms with van der Waals surface area (Å²) in [6.45, 7) is 1.32. The van der Waals surface area contributed by atoms with E-state index in [0.717, 1.165) is 17.9 Å². The monoisotopic (exact) mass is 274 g/mol. The molecule has 20 heavy (non-hydrogen) atoms. The molecular weight excluding hydrogens is 252 g/mol. The molecule has 0 bridgehead atoms. The van der Waals surface area contributed by atoms with E-state index in [4.69, 9.17) is 4.74 Å². The molecule has 1 atom stereocenters. The molecule has 2 aliphatic rings. The van der Waals surface area contributed by atoms with Gasteiger partial charge in [0.25, 0.3) is 0 Å². The number of carbonyl (C=O) groups is 1. The summed E-state index contributed by atoms with van der Waals surface area (Å²) in [7, 11) is 1.67. The second-order valence-electron chi connectivity index (χ2n) is 5.76. The zero-order valence-electron chi connectivity index (χ0n) is 12.0. The van der Waals surface area contributed by atoms with Crippen molar-refractivity contribution >= 4 is 5.91 Å². The predicted molar refractivity (Wildman–Crippen MR) is 77.4 cm³/mol. The summed E-state index contributed by atoms with van der Waals surface area (Å²) in [5.74, 6) is 1.72. The van der Waals surface area contributed by atoms with E-state index in [1.54, 1.807) is 7.11 Å². The number of hydrogen-bond acceptors (Lipinski definition) is 3.